The van der Waals surface area contributed by atoms with E-state index in [0.29, 0.717) is 32.1 Å². The molecular weight excluding hydrogens is 665 g/mol. The molecule has 0 heterocycles. The van der Waals surface area contributed by atoms with Crippen molar-refractivity contribution in [1.29, 1.82) is 0 Å². The van der Waals surface area contributed by atoms with E-state index in [4.69, 9.17) is 0 Å². The second-order valence-corrected chi connectivity index (χ2v) is 21.0. The summed E-state index contributed by atoms with van der Waals surface area (Å²) in [6.45, 7) is 8.17. The largest absolute Gasteiger partial charge is 0.224 e. The molecule has 1 rings (SSSR count). The van der Waals surface area contributed by atoms with E-state index in [1.807, 2.05) is 20.8 Å². The van der Waals surface area contributed by atoms with Crippen LogP contribution in [0.5, 0.6) is 0 Å². The topological polar surface area (TPSA) is 137 Å². The highest BCUT2D eigenvalue weighted by atomic mass is 32.2. The Morgan fingerprint density at radius 3 is 0.913 bits per heavy atom. The quantitative estimate of drug-likeness (QED) is 0.0783. The summed E-state index contributed by atoms with van der Waals surface area (Å²) in [4.78, 5) is -2.51. The third-order valence-corrected chi connectivity index (χ3v) is 16.0. The van der Waals surface area contributed by atoms with Crippen molar-refractivity contribution in [1.82, 2.24) is 0 Å². The molecule has 0 amide bonds. The van der Waals surface area contributed by atoms with Crippen molar-refractivity contribution in [2.45, 2.75) is 176 Å². The summed E-state index contributed by atoms with van der Waals surface area (Å²) in [5, 5.41) is 0. The van der Waals surface area contributed by atoms with Gasteiger partial charge >= 0.3 is 0 Å². The minimum atomic E-state index is -4.40. The lowest BCUT2D eigenvalue weighted by molar-refractivity contribution is 0.562. The van der Waals surface area contributed by atoms with Crippen LogP contribution in [0.1, 0.15) is 156 Å². The van der Waals surface area contributed by atoms with Gasteiger partial charge in [-0.05, 0) is 37.8 Å². The van der Waals surface area contributed by atoms with Gasteiger partial charge in [0.15, 0.2) is 39.3 Å². The number of hydrogen-bond acceptors (Lipinski definition) is 8. The lowest BCUT2D eigenvalue weighted by atomic mass is 10.2. The number of unbranched alkanes of at least 4 members (excludes halogenated alkanes) is 16. The molecule has 0 aliphatic heterocycles. The minimum Gasteiger partial charge on any atom is -0.224 e. The fourth-order valence-electron chi connectivity index (χ4n) is 5.52. The number of benzene rings is 1. The van der Waals surface area contributed by atoms with E-state index in [-0.39, 0.29) is 36.5 Å². The average molecular weight is 727 g/mol. The van der Waals surface area contributed by atoms with Gasteiger partial charge in [0, 0.05) is 0 Å². The van der Waals surface area contributed by atoms with Gasteiger partial charge in [0.1, 0.15) is 4.90 Å². The smallest absolute Gasteiger partial charge is 0.180 e. The Kier molecular flexibility index (Phi) is 20.5. The summed E-state index contributed by atoms with van der Waals surface area (Å²) in [5.74, 6) is -1.44. The molecule has 0 unspecified atom stereocenters. The molecule has 0 saturated carbocycles. The Balaban J connectivity index is 3.84. The molecule has 0 radical (unpaired) electrons. The second-order valence-electron chi connectivity index (χ2n) is 12.7. The normalized spacial score (nSPS) is 13.0. The fraction of sp³-hybridized carbons (Fsp3) is 0.824. The summed E-state index contributed by atoms with van der Waals surface area (Å²) >= 11 is 0. The standard InChI is InChI=1S/C34H62O8S4/c1-5-9-13-17-21-25-43(35,36)31-29-32(44(37,38)26-22-18-14-10-6-2)34(46(41,42)28-24-20-16-12-8-4)33(30-31)45(39,40)27-23-19-15-11-7-3/h29-30H,5-28H2,1-4H3. The molecule has 12 heteroatoms. The van der Waals surface area contributed by atoms with Crippen LogP contribution >= 0.6 is 0 Å². The molecule has 8 nitrogen and oxygen atoms in total. The molecule has 0 saturated heterocycles. The molecule has 1 aromatic rings. The van der Waals surface area contributed by atoms with Crippen molar-refractivity contribution < 1.29 is 33.7 Å². The number of sulfone groups is 4. The van der Waals surface area contributed by atoms with Crippen molar-refractivity contribution in [2.75, 3.05) is 23.0 Å². The van der Waals surface area contributed by atoms with Crippen LogP contribution in [0.3, 0.4) is 0 Å². The Hall–Kier alpha value is -0.980. The zero-order valence-electron chi connectivity index (χ0n) is 29.0. The van der Waals surface area contributed by atoms with Gasteiger partial charge in [-0.25, -0.2) is 33.7 Å². The number of rotatable bonds is 28. The molecule has 0 aromatic heterocycles. The predicted molar refractivity (Wildman–Crippen MR) is 190 cm³/mol. The molecule has 0 aliphatic carbocycles. The first-order chi connectivity index (χ1) is 21.7. The fourth-order valence-corrected chi connectivity index (χ4v) is 13.2. The Labute approximate surface area is 282 Å². The highest BCUT2D eigenvalue weighted by molar-refractivity contribution is 7.96. The molecule has 46 heavy (non-hydrogen) atoms. The summed E-state index contributed by atoms with van der Waals surface area (Å²) in [6, 6.07) is 1.87. The van der Waals surface area contributed by atoms with Crippen molar-refractivity contribution in [2.24, 2.45) is 0 Å². The van der Waals surface area contributed by atoms with E-state index >= 15 is 0 Å². The van der Waals surface area contributed by atoms with E-state index in [0.717, 1.165) is 89.2 Å². The predicted octanol–water partition coefficient (Wildman–Crippen LogP) is 8.66. The van der Waals surface area contributed by atoms with E-state index in [1.54, 1.807) is 0 Å². The Morgan fingerprint density at radius 1 is 0.348 bits per heavy atom. The number of hydrogen-bond donors (Lipinski definition) is 0. The van der Waals surface area contributed by atoms with E-state index in [9.17, 15) is 33.7 Å². The third-order valence-electron chi connectivity index (χ3n) is 8.40. The van der Waals surface area contributed by atoms with Gasteiger partial charge in [-0.15, -0.1) is 0 Å². The molecule has 270 valence electrons. The third kappa shape index (κ3) is 15.1. The maximum Gasteiger partial charge on any atom is 0.180 e. The molecule has 0 spiro atoms. The van der Waals surface area contributed by atoms with Crippen molar-refractivity contribution >= 4 is 39.3 Å². The van der Waals surface area contributed by atoms with Gasteiger partial charge in [-0.2, -0.15) is 0 Å². The molecule has 0 aliphatic rings. The Morgan fingerprint density at radius 2 is 0.609 bits per heavy atom. The maximum atomic E-state index is 14.0. The van der Waals surface area contributed by atoms with Gasteiger partial charge in [0.25, 0.3) is 0 Å². The summed E-state index contributed by atoms with van der Waals surface area (Å²) in [7, 11) is -17.2. The van der Waals surface area contributed by atoms with E-state index in [1.165, 1.54) is 0 Å². The van der Waals surface area contributed by atoms with Crippen LogP contribution < -0.4 is 0 Å². The summed E-state index contributed by atoms with van der Waals surface area (Å²) < 4.78 is 111. The van der Waals surface area contributed by atoms with Gasteiger partial charge in [0.05, 0.1) is 37.7 Å². The van der Waals surface area contributed by atoms with Crippen LogP contribution in [0, 0.1) is 0 Å². The molecule has 0 bridgehead atoms. The van der Waals surface area contributed by atoms with E-state index in [2.05, 4.69) is 6.92 Å². The van der Waals surface area contributed by atoms with Crippen LogP contribution in [0.15, 0.2) is 31.7 Å². The SMILES string of the molecule is CCCCCCCS(=O)(=O)c1cc(S(=O)(=O)CCCCCCC)c(S(=O)(=O)CCCCCCC)c(S(=O)(=O)CCCCCCC)c1. The first-order valence-electron chi connectivity index (χ1n) is 17.8. The molecule has 0 atom stereocenters. The molecular formula is C34H62O8S4. The molecule has 0 N–H and O–H groups in total. The lowest BCUT2D eigenvalue weighted by Gasteiger charge is -2.18. The summed E-state index contributed by atoms with van der Waals surface area (Å²) in [6.07, 6.45) is 14.6. The highest BCUT2D eigenvalue weighted by Crippen LogP contribution is 2.36. The van der Waals surface area contributed by atoms with Crippen LogP contribution in [-0.2, 0) is 39.3 Å². The van der Waals surface area contributed by atoms with Gasteiger partial charge < -0.3 is 0 Å². The monoisotopic (exact) mass is 726 g/mol. The van der Waals surface area contributed by atoms with Crippen LogP contribution in [0.25, 0.3) is 0 Å². The van der Waals surface area contributed by atoms with Gasteiger partial charge in [-0.3, -0.25) is 0 Å². The minimum absolute atomic E-state index is 0.257. The first-order valence-corrected chi connectivity index (χ1v) is 24.4. The lowest BCUT2D eigenvalue weighted by Crippen LogP contribution is -2.22. The zero-order chi connectivity index (χ0) is 34.7. The van der Waals surface area contributed by atoms with Crippen molar-refractivity contribution in [3.63, 3.8) is 0 Å². The average Bonchev–Trinajstić information content (AvgIpc) is 3.00. The zero-order valence-corrected chi connectivity index (χ0v) is 32.3. The van der Waals surface area contributed by atoms with Crippen LogP contribution in [-0.4, -0.2) is 56.7 Å². The maximum absolute atomic E-state index is 14.0. The second kappa shape index (κ2) is 21.9. The molecule has 1 aromatic carbocycles. The van der Waals surface area contributed by atoms with Crippen molar-refractivity contribution in [3.8, 4) is 0 Å². The van der Waals surface area contributed by atoms with Gasteiger partial charge in [0.2, 0.25) is 0 Å². The van der Waals surface area contributed by atoms with Crippen LogP contribution in [0.4, 0.5) is 0 Å². The van der Waals surface area contributed by atoms with Gasteiger partial charge in [-0.1, -0.05) is 130 Å². The molecule has 0 fully saturated rings. The summed E-state index contributed by atoms with van der Waals surface area (Å²) in [5.41, 5.74) is 0. The van der Waals surface area contributed by atoms with Crippen LogP contribution in [0.2, 0.25) is 0 Å². The van der Waals surface area contributed by atoms with E-state index < -0.39 is 64.7 Å². The first kappa shape index (κ1) is 43.0. The van der Waals surface area contributed by atoms with Crippen molar-refractivity contribution in [3.05, 3.63) is 12.1 Å². The Bertz CT molecular complexity index is 1380. The highest BCUT2D eigenvalue weighted by Gasteiger charge is 2.36.